The Morgan fingerprint density at radius 1 is 1.00 bits per heavy atom. The molecule has 1 aliphatic heterocycles. The standard InChI is InChI=1S/C13H11O2/c1-2-5-10(6-3-1)11-7-4-8-12-13(11)15-9-14-12/h1-6,8H,7,9H2. The van der Waals surface area contributed by atoms with Gasteiger partial charge in [0.25, 0.3) is 0 Å². The second-order valence-electron chi connectivity index (χ2n) is 3.55. The van der Waals surface area contributed by atoms with Crippen LogP contribution in [0.5, 0.6) is 0 Å². The van der Waals surface area contributed by atoms with Gasteiger partial charge in [0, 0.05) is 5.57 Å². The Morgan fingerprint density at radius 2 is 1.87 bits per heavy atom. The number of allylic oxidation sites excluding steroid dienone is 2. The van der Waals surface area contributed by atoms with Gasteiger partial charge in [0.05, 0.1) is 0 Å². The summed E-state index contributed by atoms with van der Waals surface area (Å²) in [7, 11) is 0. The fourth-order valence-electron chi connectivity index (χ4n) is 1.91. The Morgan fingerprint density at radius 3 is 2.73 bits per heavy atom. The first-order valence-electron chi connectivity index (χ1n) is 5.03. The van der Waals surface area contributed by atoms with Crippen molar-refractivity contribution in [1.82, 2.24) is 0 Å². The van der Waals surface area contributed by atoms with Crippen LogP contribution in [0.3, 0.4) is 0 Å². The van der Waals surface area contributed by atoms with Crippen LogP contribution in [0, 0.1) is 6.42 Å². The predicted molar refractivity (Wildman–Crippen MR) is 57.4 cm³/mol. The molecule has 1 aromatic rings. The zero-order valence-electron chi connectivity index (χ0n) is 8.27. The highest BCUT2D eigenvalue weighted by molar-refractivity contribution is 5.73. The molecule has 0 saturated carbocycles. The highest BCUT2D eigenvalue weighted by Crippen LogP contribution is 2.36. The average molecular weight is 199 g/mol. The average Bonchev–Trinajstić information content (AvgIpc) is 2.78. The van der Waals surface area contributed by atoms with Gasteiger partial charge < -0.3 is 9.47 Å². The van der Waals surface area contributed by atoms with Gasteiger partial charge in [0.15, 0.2) is 11.5 Å². The number of fused-ring (bicyclic) bond motifs is 1. The van der Waals surface area contributed by atoms with Crippen molar-refractivity contribution in [2.75, 3.05) is 6.79 Å². The summed E-state index contributed by atoms with van der Waals surface area (Å²) in [5, 5.41) is 0. The Bertz CT molecular complexity index is 429. The van der Waals surface area contributed by atoms with Crippen LogP contribution in [0.25, 0.3) is 5.57 Å². The molecule has 1 aliphatic carbocycles. The highest BCUT2D eigenvalue weighted by atomic mass is 16.7. The quantitative estimate of drug-likeness (QED) is 0.692. The molecule has 15 heavy (non-hydrogen) atoms. The maximum atomic E-state index is 5.49. The van der Waals surface area contributed by atoms with Crippen LogP contribution >= 0.6 is 0 Å². The summed E-state index contributed by atoms with van der Waals surface area (Å²) in [6.07, 6.45) is 5.00. The topological polar surface area (TPSA) is 18.5 Å². The van der Waals surface area contributed by atoms with Crippen LogP contribution in [0.15, 0.2) is 47.9 Å². The van der Waals surface area contributed by atoms with Crippen LogP contribution in [-0.4, -0.2) is 6.79 Å². The summed E-state index contributed by atoms with van der Waals surface area (Å²) in [6, 6.07) is 10.3. The zero-order chi connectivity index (χ0) is 10.1. The Hall–Kier alpha value is -1.70. The Balaban J connectivity index is 2.08. The molecule has 1 saturated heterocycles. The van der Waals surface area contributed by atoms with E-state index >= 15 is 0 Å². The summed E-state index contributed by atoms with van der Waals surface area (Å²) in [6.45, 7) is 0.339. The van der Waals surface area contributed by atoms with E-state index in [1.54, 1.807) is 0 Å². The lowest BCUT2D eigenvalue weighted by Gasteiger charge is -2.13. The monoisotopic (exact) mass is 199 g/mol. The van der Waals surface area contributed by atoms with Crippen LogP contribution in [0.4, 0.5) is 0 Å². The second-order valence-corrected chi connectivity index (χ2v) is 3.55. The molecule has 1 aromatic carbocycles. The third-order valence-corrected chi connectivity index (χ3v) is 2.63. The first-order valence-corrected chi connectivity index (χ1v) is 5.03. The fraction of sp³-hybridized carbons (Fsp3) is 0.154. The maximum Gasteiger partial charge on any atom is 0.231 e. The van der Waals surface area contributed by atoms with Crippen molar-refractivity contribution in [3.63, 3.8) is 0 Å². The number of benzene rings is 1. The normalized spacial score (nSPS) is 19.1. The van der Waals surface area contributed by atoms with Crippen molar-refractivity contribution in [3.8, 4) is 0 Å². The number of rotatable bonds is 1. The van der Waals surface area contributed by atoms with Crippen molar-refractivity contribution in [2.45, 2.75) is 6.42 Å². The van der Waals surface area contributed by atoms with Crippen LogP contribution in [0.2, 0.25) is 0 Å². The van der Waals surface area contributed by atoms with Crippen molar-refractivity contribution in [2.24, 2.45) is 0 Å². The van der Waals surface area contributed by atoms with Gasteiger partial charge in [-0.3, -0.25) is 0 Å². The smallest absolute Gasteiger partial charge is 0.231 e. The van der Waals surface area contributed by atoms with E-state index in [0.29, 0.717) is 6.79 Å². The minimum Gasteiger partial charge on any atom is -0.454 e. The lowest BCUT2D eigenvalue weighted by molar-refractivity contribution is 0.0982. The van der Waals surface area contributed by atoms with E-state index in [0.717, 1.165) is 17.9 Å². The molecule has 3 rings (SSSR count). The molecule has 0 N–H and O–H groups in total. The van der Waals surface area contributed by atoms with Crippen molar-refractivity contribution in [1.29, 1.82) is 0 Å². The molecule has 2 heteroatoms. The molecule has 2 nitrogen and oxygen atoms in total. The van der Waals surface area contributed by atoms with Crippen molar-refractivity contribution in [3.05, 3.63) is 59.9 Å². The van der Waals surface area contributed by atoms with Gasteiger partial charge in [-0.1, -0.05) is 30.3 Å². The third kappa shape index (κ3) is 1.42. The second kappa shape index (κ2) is 3.46. The van der Waals surface area contributed by atoms with Gasteiger partial charge in [-0.25, -0.2) is 0 Å². The van der Waals surface area contributed by atoms with E-state index in [4.69, 9.17) is 9.47 Å². The molecule has 0 spiro atoms. The fourth-order valence-corrected chi connectivity index (χ4v) is 1.91. The molecule has 0 atom stereocenters. The van der Waals surface area contributed by atoms with E-state index in [1.165, 1.54) is 11.1 Å². The summed E-state index contributed by atoms with van der Waals surface area (Å²) < 4.78 is 10.9. The molecule has 1 fully saturated rings. The Labute approximate surface area is 88.8 Å². The summed E-state index contributed by atoms with van der Waals surface area (Å²) >= 11 is 0. The third-order valence-electron chi connectivity index (χ3n) is 2.63. The van der Waals surface area contributed by atoms with Gasteiger partial charge in [-0.15, -0.1) is 0 Å². The minimum atomic E-state index is 0.339. The van der Waals surface area contributed by atoms with E-state index in [9.17, 15) is 0 Å². The SMILES string of the molecule is [CH]1C=C2OCOC2=C(c2ccccc2)C1. The first kappa shape index (κ1) is 8.60. The summed E-state index contributed by atoms with van der Waals surface area (Å²) in [4.78, 5) is 0. The zero-order valence-corrected chi connectivity index (χ0v) is 8.27. The van der Waals surface area contributed by atoms with E-state index in [2.05, 4.69) is 18.6 Å². The minimum absolute atomic E-state index is 0.339. The molecular formula is C13H11O2. The molecule has 0 bridgehead atoms. The maximum absolute atomic E-state index is 5.49. The van der Waals surface area contributed by atoms with E-state index in [-0.39, 0.29) is 0 Å². The molecule has 1 heterocycles. The molecule has 75 valence electrons. The van der Waals surface area contributed by atoms with Crippen molar-refractivity contribution < 1.29 is 9.47 Å². The largest absolute Gasteiger partial charge is 0.454 e. The lowest BCUT2D eigenvalue weighted by Crippen LogP contribution is -1.98. The van der Waals surface area contributed by atoms with Gasteiger partial charge in [-0.2, -0.15) is 0 Å². The van der Waals surface area contributed by atoms with Crippen molar-refractivity contribution >= 4 is 5.57 Å². The molecule has 0 amide bonds. The van der Waals surface area contributed by atoms with E-state index in [1.807, 2.05) is 24.3 Å². The number of hydrogen-bond donors (Lipinski definition) is 0. The first-order chi connectivity index (χ1) is 7.45. The molecule has 0 aromatic heterocycles. The molecular weight excluding hydrogens is 188 g/mol. The highest BCUT2D eigenvalue weighted by Gasteiger charge is 2.24. The summed E-state index contributed by atoms with van der Waals surface area (Å²) in [5.74, 6) is 1.77. The van der Waals surface area contributed by atoms with E-state index < -0.39 is 0 Å². The van der Waals surface area contributed by atoms with Gasteiger partial charge >= 0.3 is 0 Å². The number of ether oxygens (including phenoxy) is 2. The van der Waals surface area contributed by atoms with Gasteiger partial charge in [0.1, 0.15) is 0 Å². The summed E-state index contributed by atoms with van der Waals surface area (Å²) in [5.41, 5.74) is 2.42. The molecule has 2 aliphatic rings. The molecule has 0 unspecified atom stereocenters. The lowest BCUT2D eigenvalue weighted by atomic mass is 9.95. The molecule has 1 radical (unpaired) electrons. The van der Waals surface area contributed by atoms with Gasteiger partial charge in [-0.05, 0) is 24.5 Å². The van der Waals surface area contributed by atoms with Crippen LogP contribution < -0.4 is 0 Å². The van der Waals surface area contributed by atoms with Crippen LogP contribution in [-0.2, 0) is 9.47 Å². The van der Waals surface area contributed by atoms with Crippen LogP contribution in [0.1, 0.15) is 12.0 Å². The number of hydrogen-bond acceptors (Lipinski definition) is 2. The predicted octanol–water partition coefficient (Wildman–Crippen LogP) is 2.89. The Kier molecular flexibility index (Phi) is 1.98. The van der Waals surface area contributed by atoms with Gasteiger partial charge in [0.2, 0.25) is 6.79 Å².